The van der Waals surface area contributed by atoms with Crippen LogP contribution in [0, 0.1) is 0 Å². The Kier molecular flexibility index (Phi) is 5.20. The van der Waals surface area contributed by atoms with Crippen molar-refractivity contribution in [2.24, 2.45) is 0 Å². The number of allylic oxidation sites excluding steroid dienone is 3. The minimum absolute atomic E-state index is 0.129. The highest BCUT2D eigenvalue weighted by Crippen LogP contribution is 2.29. The summed E-state index contributed by atoms with van der Waals surface area (Å²) in [4.78, 5) is 4.64. The van der Waals surface area contributed by atoms with Crippen molar-refractivity contribution < 1.29 is 13.9 Å². The highest BCUT2D eigenvalue weighted by molar-refractivity contribution is 9.10. The summed E-state index contributed by atoms with van der Waals surface area (Å²) in [7, 11) is 0. The van der Waals surface area contributed by atoms with Gasteiger partial charge < -0.3 is 9.67 Å². The van der Waals surface area contributed by atoms with Crippen LogP contribution in [0.4, 0.5) is 8.78 Å². The van der Waals surface area contributed by atoms with E-state index in [-0.39, 0.29) is 13.0 Å². The molecular formula is C19H19BrF2N2O. The average Bonchev–Trinajstić information content (AvgIpc) is 2.87. The van der Waals surface area contributed by atoms with E-state index in [1.807, 2.05) is 34.9 Å². The van der Waals surface area contributed by atoms with Gasteiger partial charge in [0.1, 0.15) is 5.82 Å². The monoisotopic (exact) mass is 408 g/mol. The maximum absolute atomic E-state index is 13.3. The third-order valence-corrected chi connectivity index (χ3v) is 4.62. The average molecular weight is 409 g/mol. The zero-order valence-electron chi connectivity index (χ0n) is 13.8. The van der Waals surface area contributed by atoms with E-state index >= 15 is 0 Å². The van der Waals surface area contributed by atoms with Gasteiger partial charge in [0.25, 0.3) is 0 Å². The molecule has 1 aliphatic rings. The van der Waals surface area contributed by atoms with Gasteiger partial charge in [-0.15, -0.1) is 0 Å². The molecule has 0 radical (unpaired) electrons. The molecule has 0 aliphatic carbocycles. The fourth-order valence-corrected chi connectivity index (χ4v) is 3.26. The lowest BCUT2D eigenvalue weighted by Crippen LogP contribution is -2.11. The maximum atomic E-state index is 13.3. The second-order valence-corrected chi connectivity index (χ2v) is 7.15. The van der Waals surface area contributed by atoms with Gasteiger partial charge in [0.05, 0.1) is 18.0 Å². The van der Waals surface area contributed by atoms with E-state index in [1.165, 1.54) is 0 Å². The van der Waals surface area contributed by atoms with Crippen molar-refractivity contribution in [1.29, 1.82) is 0 Å². The van der Waals surface area contributed by atoms with Crippen LogP contribution in [-0.2, 0) is 13.2 Å². The molecule has 1 aromatic carbocycles. The zero-order valence-corrected chi connectivity index (χ0v) is 15.4. The Bertz CT molecular complexity index is 817. The van der Waals surface area contributed by atoms with Crippen LogP contribution in [0.2, 0.25) is 0 Å². The van der Waals surface area contributed by atoms with E-state index in [4.69, 9.17) is 0 Å². The number of hydrogen-bond acceptors (Lipinski definition) is 2. The summed E-state index contributed by atoms with van der Waals surface area (Å²) in [6, 6.07) is 7.72. The topological polar surface area (TPSA) is 38.0 Å². The van der Waals surface area contributed by atoms with Crippen LogP contribution in [0.3, 0.4) is 0 Å². The van der Waals surface area contributed by atoms with Crippen molar-refractivity contribution in [2.45, 2.75) is 38.8 Å². The molecule has 1 N–H and O–H groups in total. The molecule has 0 bridgehead atoms. The van der Waals surface area contributed by atoms with Crippen LogP contribution < -0.4 is 0 Å². The van der Waals surface area contributed by atoms with E-state index < -0.39 is 5.92 Å². The van der Waals surface area contributed by atoms with Crippen LogP contribution in [0.15, 0.2) is 46.5 Å². The lowest BCUT2D eigenvalue weighted by molar-refractivity contribution is 0.0234. The van der Waals surface area contributed by atoms with Crippen molar-refractivity contribution in [1.82, 2.24) is 9.55 Å². The molecule has 1 aliphatic heterocycles. The first-order valence-electron chi connectivity index (χ1n) is 8.08. The second-order valence-electron chi connectivity index (χ2n) is 6.23. The van der Waals surface area contributed by atoms with E-state index in [0.717, 1.165) is 28.3 Å². The van der Waals surface area contributed by atoms with Crippen molar-refractivity contribution in [3.8, 4) is 11.3 Å². The summed E-state index contributed by atoms with van der Waals surface area (Å²) in [5, 5.41) is 9.84. The number of nitrogens with zero attached hydrogens (tertiary/aromatic N) is 2. The van der Waals surface area contributed by atoms with Crippen LogP contribution in [-0.4, -0.2) is 20.6 Å². The molecule has 0 atom stereocenters. The highest BCUT2D eigenvalue weighted by atomic mass is 79.9. The Balaban J connectivity index is 1.98. The van der Waals surface area contributed by atoms with Crippen LogP contribution in [0.25, 0.3) is 17.3 Å². The van der Waals surface area contributed by atoms with Crippen molar-refractivity contribution in [2.75, 3.05) is 0 Å². The van der Waals surface area contributed by atoms with Gasteiger partial charge in [-0.1, -0.05) is 40.2 Å². The van der Waals surface area contributed by atoms with Crippen molar-refractivity contribution in [3.05, 3.63) is 58.0 Å². The number of halogens is 3. The number of aliphatic hydroxyl groups is 1. The molecule has 3 nitrogen and oxygen atoms in total. The van der Waals surface area contributed by atoms with E-state index in [1.54, 1.807) is 12.2 Å². The first kappa shape index (κ1) is 18.0. The summed E-state index contributed by atoms with van der Waals surface area (Å²) in [6.07, 6.45) is 5.61. The number of aliphatic hydroxyl groups excluding tert-OH is 1. The summed E-state index contributed by atoms with van der Waals surface area (Å²) in [5.74, 6) is -2.06. The normalized spacial score (nSPS) is 16.0. The molecule has 2 aromatic rings. The number of aromatic nitrogens is 2. The first-order chi connectivity index (χ1) is 11.9. The summed E-state index contributed by atoms with van der Waals surface area (Å²) >= 11 is 3.41. The molecule has 0 spiro atoms. The quantitative estimate of drug-likeness (QED) is 0.755. The SMILES string of the molecule is CC(F)(F)CC1=CCCn2c(nc(-c3ccc(Br)cc3)c2CO)/C=C\1. The highest BCUT2D eigenvalue weighted by Gasteiger charge is 2.23. The second kappa shape index (κ2) is 7.22. The third-order valence-electron chi connectivity index (χ3n) is 4.09. The molecule has 0 amide bonds. The molecule has 0 fully saturated rings. The maximum Gasteiger partial charge on any atom is 0.249 e. The fourth-order valence-electron chi connectivity index (χ4n) is 3.00. The van der Waals surface area contributed by atoms with E-state index in [2.05, 4.69) is 20.9 Å². The van der Waals surface area contributed by atoms with Gasteiger partial charge in [-0.3, -0.25) is 0 Å². The molecule has 3 rings (SSSR count). The number of hydrogen-bond donors (Lipinski definition) is 1. The molecule has 2 heterocycles. The number of imidazole rings is 1. The number of alkyl halides is 2. The minimum Gasteiger partial charge on any atom is -0.390 e. The summed E-state index contributed by atoms with van der Waals surface area (Å²) in [6.45, 7) is 1.39. The Labute approximate surface area is 153 Å². The van der Waals surface area contributed by atoms with Gasteiger partial charge in [0.15, 0.2) is 0 Å². The minimum atomic E-state index is -2.73. The molecule has 1 aromatic heterocycles. The Morgan fingerprint density at radius 3 is 2.60 bits per heavy atom. The number of benzene rings is 1. The number of fused-ring (bicyclic) bond motifs is 1. The molecule has 0 unspecified atom stereocenters. The number of rotatable bonds is 4. The lowest BCUT2D eigenvalue weighted by Gasteiger charge is -2.14. The fraction of sp³-hybridized carbons (Fsp3) is 0.316. The Morgan fingerprint density at radius 1 is 1.24 bits per heavy atom. The molecule has 0 saturated carbocycles. The van der Waals surface area contributed by atoms with E-state index in [0.29, 0.717) is 24.4 Å². The molecule has 132 valence electrons. The van der Waals surface area contributed by atoms with Crippen molar-refractivity contribution >= 4 is 22.0 Å². The lowest BCUT2D eigenvalue weighted by atomic mass is 10.1. The van der Waals surface area contributed by atoms with Gasteiger partial charge in [0.2, 0.25) is 5.92 Å². The van der Waals surface area contributed by atoms with Gasteiger partial charge in [0, 0.05) is 23.0 Å². The summed E-state index contributed by atoms with van der Waals surface area (Å²) in [5.41, 5.74) is 2.98. The van der Waals surface area contributed by atoms with Crippen molar-refractivity contribution in [3.63, 3.8) is 0 Å². The Morgan fingerprint density at radius 2 is 1.96 bits per heavy atom. The van der Waals surface area contributed by atoms with Gasteiger partial charge in [-0.25, -0.2) is 13.8 Å². The predicted octanol–water partition coefficient (Wildman–Crippen LogP) is 5.19. The largest absolute Gasteiger partial charge is 0.390 e. The van der Waals surface area contributed by atoms with Crippen LogP contribution >= 0.6 is 15.9 Å². The molecule has 6 heteroatoms. The third kappa shape index (κ3) is 4.25. The van der Waals surface area contributed by atoms with Crippen LogP contribution in [0.1, 0.15) is 31.3 Å². The van der Waals surface area contributed by atoms with Gasteiger partial charge in [-0.05, 0) is 37.1 Å². The van der Waals surface area contributed by atoms with Gasteiger partial charge >= 0.3 is 0 Å². The zero-order chi connectivity index (χ0) is 18.0. The smallest absolute Gasteiger partial charge is 0.249 e. The standard InChI is InChI=1S/C19H19BrF2N2O/c1-19(21,22)11-13-3-2-10-24-16(12-25)18(23-17(24)9-4-13)14-5-7-15(20)8-6-14/h3-9,25H,2,10-12H2,1H3/b9-4-,13-3?. The van der Waals surface area contributed by atoms with E-state index in [9.17, 15) is 13.9 Å². The first-order valence-corrected chi connectivity index (χ1v) is 8.88. The molecular weight excluding hydrogens is 390 g/mol. The Hall–Kier alpha value is -1.79. The summed E-state index contributed by atoms with van der Waals surface area (Å²) < 4.78 is 29.5. The molecule has 25 heavy (non-hydrogen) atoms. The molecule has 0 saturated heterocycles. The van der Waals surface area contributed by atoms with Crippen LogP contribution in [0.5, 0.6) is 0 Å². The van der Waals surface area contributed by atoms with Gasteiger partial charge in [-0.2, -0.15) is 0 Å². The predicted molar refractivity (Wildman–Crippen MR) is 98.3 cm³/mol.